The average molecular weight is 217 g/mol. The molecule has 3 heterocycles. The number of hydrogen-bond acceptors (Lipinski definition) is 3. The van der Waals surface area contributed by atoms with E-state index in [1.54, 1.807) is 11.2 Å². The largest absolute Gasteiger partial charge is 0.273 e. The molecule has 0 atom stereocenters. The van der Waals surface area contributed by atoms with Crippen LogP contribution in [0.3, 0.4) is 0 Å². The molecule has 1 saturated heterocycles. The molecule has 0 saturated carbocycles. The first-order valence-electron chi connectivity index (χ1n) is 5.88. The number of carbonyl (C=O) groups is 1. The lowest BCUT2D eigenvalue weighted by atomic mass is 10.2. The highest BCUT2D eigenvalue weighted by Gasteiger charge is 2.33. The Labute approximate surface area is 94.8 Å². The summed E-state index contributed by atoms with van der Waals surface area (Å²) in [6.07, 6.45) is 5.87. The van der Waals surface area contributed by atoms with Crippen molar-refractivity contribution in [3.63, 3.8) is 0 Å². The van der Waals surface area contributed by atoms with Crippen LogP contribution in [-0.2, 0) is 11.2 Å². The van der Waals surface area contributed by atoms with Crippen LogP contribution in [0.1, 0.15) is 24.8 Å². The minimum atomic E-state index is 0.163. The second-order valence-corrected chi connectivity index (χ2v) is 4.38. The van der Waals surface area contributed by atoms with Crippen LogP contribution in [-0.4, -0.2) is 29.0 Å². The zero-order valence-electron chi connectivity index (χ0n) is 9.22. The minimum Gasteiger partial charge on any atom is -0.273 e. The van der Waals surface area contributed by atoms with Gasteiger partial charge in [0.1, 0.15) is 0 Å². The van der Waals surface area contributed by atoms with E-state index in [4.69, 9.17) is 0 Å². The first-order chi connectivity index (χ1) is 7.86. The fraction of sp³-hybridized carbons (Fsp3) is 0.500. The molecule has 1 fully saturated rings. The van der Waals surface area contributed by atoms with Gasteiger partial charge < -0.3 is 0 Å². The maximum Gasteiger partial charge on any atom is 0.247 e. The van der Waals surface area contributed by atoms with E-state index in [0.717, 1.165) is 24.5 Å². The standard InChI is InChI=1S/C12H15N3O/c16-11-9-10-5-4-6-13-12(10)15(11)14-7-2-1-3-8-14/h4-6H,1-3,7-9H2. The second kappa shape index (κ2) is 3.87. The summed E-state index contributed by atoms with van der Waals surface area (Å²) in [5.74, 6) is 1.00. The summed E-state index contributed by atoms with van der Waals surface area (Å²) in [6.45, 7) is 1.95. The summed E-state index contributed by atoms with van der Waals surface area (Å²) in [4.78, 5) is 16.3. The van der Waals surface area contributed by atoms with E-state index in [9.17, 15) is 4.79 Å². The van der Waals surface area contributed by atoms with Gasteiger partial charge in [0.25, 0.3) is 0 Å². The lowest BCUT2D eigenvalue weighted by Gasteiger charge is -2.34. The fourth-order valence-electron chi connectivity index (χ4n) is 2.48. The first kappa shape index (κ1) is 9.78. The van der Waals surface area contributed by atoms with E-state index >= 15 is 0 Å². The molecule has 0 spiro atoms. The van der Waals surface area contributed by atoms with Crippen LogP contribution in [0.4, 0.5) is 5.82 Å². The highest BCUT2D eigenvalue weighted by atomic mass is 16.2. The molecule has 1 aromatic rings. The highest BCUT2D eigenvalue weighted by molar-refractivity contribution is 5.99. The number of carbonyl (C=O) groups excluding carboxylic acids is 1. The van der Waals surface area contributed by atoms with Gasteiger partial charge in [0.15, 0.2) is 5.82 Å². The number of rotatable bonds is 1. The number of hydrazine groups is 1. The Morgan fingerprint density at radius 2 is 2.00 bits per heavy atom. The minimum absolute atomic E-state index is 0.163. The molecule has 0 N–H and O–H groups in total. The van der Waals surface area contributed by atoms with Gasteiger partial charge in [-0.3, -0.25) is 4.79 Å². The number of anilines is 1. The summed E-state index contributed by atoms with van der Waals surface area (Å²) >= 11 is 0. The number of aromatic nitrogens is 1. The third kappa shape index (κ3) is 1.50. The second-order valence-electron chi connectivity index (χ2n) is 4.38. The van der Waals surface area contributed by atoms with Crippen molar-refractivity contribution in [1.82, 2.24) is 9.99 Å². The van der Waals surface area contributed by atoms with Crippen molar-refractivity contribution < 1.29 is 4.79 Å². The predicted octanol–water partition coefficient (Wildman–Crippen LogP) is 1.37. The number of amides is 1. The van der Waals surface area contributed by atoms with Crippen LogP contribution in [0.5, 0.6) is 0 Å². The molecule has 16 heavy (non-hydrogen) atoms. The van der Waals surface area contributed by atoms with E-state index in [-0.39, 0.29) is 5.91 Å². The van der Waals surface area contributed by atoms with Crippen molar-refractivity contribution in [2.75, 3.05) is 18.1 Å². The van der Waals surface area contributed by atoms with E-state index < -0.39 is 0 Å². The predicted molar refractivity (Wildman–Crippen MR) is 60.9 cm³/mol. The van der Waals surface area contributed by atoms with Gasteiger partial charge in [-0.1, -0.05) is 12.5 Å². The summed E-state index contributed by atoms with van der Waals surface area (Å²) in [5.41, 5.74) is 1.05. The van der Waals surface area contributed by atoms with Crippen molar-refractivity contribution in [3.8, 4) is 0 Å². The van der Waals surface area contributed by atoms with Gasteiger partial charge in [-0.25, -0.2) is 15.0 Å². The number of piperidine rings is 1. The number of hydrogen-bond donors (Lipinski definition) is 0. The number of fused-ring (bicyclic) bond motifs is 1. The third-order valence-electron chi connectivity index (χ3n) is 3.26. The van der Waals surface area contributed by atoms with Gasteiger partial charge in [-0.05, 0) is 18.9 Å². The van der Waals surface area contributed by atoms with Gasteiger partial charge in [-0.15, -0.1) is 0 Å². The molecule has 3 rings (SSSR count). The normalized spacial score (nSPS) is 21.2. The lowest BCUT2D eigenvalue weighted by Crippen LogP contribution is -2.47. The quantitative estimate of drug-likeness (QED) is 0.713. The molecule has 0 aliphatic carbocycles. The van der Waals surface area contributed by atoms with Crippen LogP contribution in [0, 0.1) is 0 Å². The van der Waals surface area contributed by atoms with E-state index in [1.807, 2.05) is 12.1 Å². The Morgan fingerprint density at radius 3 is 2.81 bits per heavy atom. The van der Waals surface area contributed by atoms with Crippen LogP contribution >= 0.6 is 0 Å². The SMILES string of the molecule is O=C1Cc2cccnc2N1N1CCCCC1. The summed E-state index contributed by atoms with van der Waals surface area (Å²) in [6, 6.07) is 3.88. The summed E-state index contributed by atoms with van der Waals surface area (Å²) in [7, 11) is 0. The van der Waals surface area contributed by atoms with Crippen molar-refractivity contribution in [1.29, 1.82) is 0 Å². The van der Waals surface area contributed by atoms with Gasteiger partial charge in [0, 0.05) is 24.8 Å². The number of pyridine rings is 1. The van der Waals surface area contributed by atoms with E-state index in [1.165, 1.54) is 19.3 Å². The molecule has 2 aliphatic heterocycles. The van der Waals surface area contributed by atoms with Gasteiger partial charge in [-0.2, -0.15) is 0 Å². The topological polar surface area (TPSA) is 36.4 Å². The molecule has 1 amide bonds. The number of nitrogens with zero attached hydrogens (tertiary/aromatic N) is 3. The smallest absolute Gasteiger partial charge is 0.247 e. The van der Waals surface area contributed by atoms with Gasteiger partial charge >= 0.3 is 0 Å². The zero-order valence-corrected chi connectivity index (χ0v) is 9.22. The lowest BCUT2D eigenvalue weighted by molar-refractivity contribution is -0.120. The first-order valence-corrected chi connectivity index (χ1v) is 5.88. The Balaban J connectivity index is 1.92. The Kier molecular flexibility index (Phi) is 2.36. The van der Waals surface area contributed by atoms with Crippen LogP contribution < -0.4 is 5.01 Å². The molecular formula is C12H15N3O. The van der Waals surface area contributed by atoms with E-state index in [2.05, 4.69) is 9.99 Å². The molecule has 84 valence electrons. The monoisotopic (exact) mass is 217 g/mol. The van der Waals surface area contributed by atoms with Crippen LogP contribution in [0.2, 0.25) is 0 Å². The van der Waals surface area contributed by atoms with Crippen LogP contribution in [0.15, 0.2) is 18.3 Å². The maximum absolute atomic E-state index is 12.0. The molecule has 4 heteroatoms. The molecule has 0 aromatic carbocycles. The summed E-state index contributed by atoms with van der Waals surface area (Å²) in [5, 5.41) is 3.93. The average Bonchev–Trinajstić information content (AvgIpc) is 2.66. The van der Waals surface area contributed by atoms with Crippen molar-refractivity contribution >= 4 is 11.7 Å². The molecular weight excluding hydrogens is 202 g/mol. The Hall–Kier alpha value is -1.42. The van der Waals surface area contributed by atoms with E-state index in [0.29, 0.717) is 6.42 Å². The maximum atomic E-state index is 12.0. The van der Waals surface area contributed by atoms with Crippen molar-refractivity contribution in [3.05, 3.63) is 23.9 Å². The van der Waals surface area contributed by atoms with Crippen molar-refractivity contribution in [2.24, 2.45) is 0 Å². The third-order valence-corrected chi connectivity index (χ3v) is 3.26. The molecule has 1 aromatic heterocycles. The van der Waals surface area contributed by atoms with Gasteiger partial charge in [0.05, 0.1) is 6.42 Å². The molecule has 2 aliphatic rings. The molecule has 4 nitrogen and oxygen atoms in total. The highest BCUT2D eigenvalue weighted by Crippen LogP contribution is 2.28. The summed E-state index contributed by atoms with van der Waals surface area (Å²) < 4.78 is 0. The molecule has 0 radical (unpaired) electrons. The Bertz CT molecular complexity index is 412. The van der Waals surface area contributed by atoms with Crippen molar-refractivity contribution in [2.45, 2.75) is 25.7 Å². The van der Waals surface area contributed by atoms with Gasteiger partial charge in [0.2, 0.25) is 5.91 Å². The molecule has 0 unspecified atom stereocenters. The fourth-order valence-corrected chi connectivity index (χ4v) is 2.48. The zero-order chi connectivity index (χ0) is 11.0. The molecule has 0 bridgehead atoms. The Morgan fingerprint density at radius 1 is 1.19 bits per heavy atom. The van der Waals surface area contributed by atoms with Crippen LogP contribution in [0.25, 0.3) is 0 Å².